The van der Waals surface area contributed by atoms with Crippen LogP contribution in [-0.2, 0) is 11.4 Å². The standard InChI is InChI=1S/C25H25F3N2O4/c26-25(27,28)34-22-4-2-1-3-20(22)15-33-23-14-21(29-30-23)19-11-9-18(10-12-19)17-7-5-16(6-8-17)13-24(31)32/h1-4,9-12,14,16-17H,5-8,13,15H2,(H,29,30)(H,31,32). The predicted octanol–water partition coefficient (Wildman–Crippen LogP) is 6.30. The molecule has 2 aromatic carbocycles. The third kappa shape index (κ3) is 6.30. The molecule has 3 aromatic rings. The highest BCUT2D eigenvalue weighted by atomic mass is 19.4. The molecule has 1 saturated carbocycles. The number of alkyl halides is 3. The van der Waals surface area contributed by atoms with Crippen molar-refractivity contribution in [2.45, 2.75) is 51.0 Å². The minimum Gasteiger partial charge on any atom is -0.481 e. The Morgan fingerprint density at radius 3 is 2.44 bits per heavy atom. The fraction of sp³-hybridized carbons (Fsp3) is 0.360. The Kier molecular flexibility index (Phi) is 7.09. The minimum absolute atomic E-state index is 0.125. The van der Waals surface area contributed by atoms with Crippen LogP contribution in [0, 0.1) is 5.92 Å². The number of carboxylic acids is 1. The van der Waals surface area contributed by atoms with Crippen LogP contribution in [0.25, 0.3) is 11.3 Å². The highest BCUT2D eigenvalue weighted by Gasteiger charge is 2.32. The first-order valence-electron chi connectivity index (χ1n) is 11.1. The molecule has 0 radical (unpaired) electrons. The zero-order chi connectivity index (χ0) is 24.1. The van der Waals surface area contributed by atoms with Gasteiger partial charge in [-0.2, -0.15) is 0 Å². The summed E-state index contributed by atoms with van der Waals surface area (Å²) in [5.41, 5.74) is 3.12. The largest absolute Gasteiger partial charge is 0.573 e. The maximum Gasteiger partial charge on any atom is 0.573 e. The molecule has 2 N–H and O–H groups in total. The number of para-hydroxylation sites is 1. The maximum absolute atomic E-state index is 12.6. The number of nitrogens with one attached hydrogen (secondary N) is 1. The van der Waals surface area contributed by atoms with E-state index in [0.717, 1.165) is 36.9 Å². The number of benzene rings is 2. The summed E-state index contributed by atoms with van der Waals surface area (Å²) in [7, 11) is 0. The smallest absolute Gasteiger partial charge is 0.481 e. The molecule has 0 saturated heterocycles. The highest BCUT2D eigenvalue weighted by Crippen LogP contribution is 2.37. The van der Waals surface area contributed by atoms with Gasteiger partial charge in [-0.1, -0.05) is 42.5 Å². The van der Waals surface area contributed by atoms with E-state index in [4.69, 9.17) is 9.84 Å². The summed E-state index contributed by atoms with van der Waals surface area (Å²) in [6.07, 6.45) is -0.706. The molecule has 1 aliphatic carbocycles. The van der Waals surface area contributed by atoms with Crippen LogP contribution in [0.15, 0.2) is 54.6 Å². The first-order valence-corrected chi connectivity index (χ1v) is 11.1. The number of aromatic amines is 1. The Hall–Kier alpha value is -3.49. The topological polar surface area (TPSA) is 84.4 Å². The number of carboxylic acid groups (broad SMARTS) is 1. The number of carbonyl (C=O) groups is 1. The van der Waals surface area contributed by atoms with Gasteiger partial charge in [-0.05, 0) is 54.7 Å². The second-order valence-electron chi connectivity index (χ2n) is 8.50. The molecule has 6 nitrogen and oxygen atoms in total. The molecule has 1 aliphatic rings. The van der Waals surface area contributed by atoms with Crippen molar-refractivity contribution in [2.24, 2.45) is 5.92 Å². The number of nitrogens with zero attached hydrogens (tertiary/aromatic N) is 1. The third-order valence-electron chi connectivity index (χ3n) is 6.13. The van der Waals surface area contributed by atoms with Crippen molar-refractivity contribution in [2.75, 3.05) is 0 Å². The molecular formula is C25H25F3N2O4. The van der Waals surface area contributed by atoms with Gasteiger partial charge in [0.1, 0.15) is 12.4 Å². The van der Waals surface area contributed by atoms with Crippen LogP contribution in [0.5, 0.6) is 11.6 Å². The third-order valence-corrected chi connectivity index (χ3v) is 6.13. The number of aliphatic carboxylic acids is 1. The monoisotopic (exact) mass is 474 g/mol. The van der Waals surface area contributed by atoms with E-state index in [2.05, 4.69) is 27.1 Å². The van der Waals surface area contributed by atoms with Crippen LogP contribution in [-0.4, -0.2) is 27.6 Å². The van der Waals surface area contributed by atoms with E-state index in [1.807, 2.05) is 12.1 Å². The van der Waals surface area contributed by atoms with Gasteiger partial charge in [0.05, 0.1) is 5.69 Å². The van der Waals surface area contributed by atoms with Gasteiger partial charge < -0.3 is 14.6 Å². The molecule has 0 unspecified atom stereocenters. The summed E-state index contributed by atoms with van der Waals surface area (Å²) >= 11 is 0. The second kappa shape index (κ2) is 10.2. The van der Waals surface area contributed by atoms with Gasteiger partial charge in [0.2, 0.25) is 5.88 Å². The van der Waals surface area contributed by atoms with E-state index >= 15 is 0 Å². The molecule has 1 fully saturated rings. The van der Waals surface area contributed by atoms with E-state index in [9.17, 15) is 18.0 Å². The fourth-order valence-corrected chi connectivity index (χ4v) is 4.41. The predicted molar refractivity (Wildman–Crippen MR) is 118 cm³/mol. The number of aromatic nitrogens is 2. The first-order chi connectivity index (χ1) is 16.3. The number of ether oxygens (including phenoxy) is 2. The molecule has 180 valence electrons. The molecule has 0 atom stereocenters. The zero-order valence-electron chi connectivity index (χ0n) is 18.3. The molecule has 34 heavy (non-hydrogen) atoms. The average molecular weight is 474 g/mol. The van der Waals surface area contributed by atoms with Crippen LogP contribution in [0.2, 0.25) is 0 Å². The van der Waals surface area contributed by atoms with Gasteiger partial charge in [0.25, 0.3) is 0 Å². The van der Waals surface area contributed by atoms with Crippen molar-refractivity contribution in [1.29, 1.82) is 0 Å². The summed E-state index contributed by atoms with van der Waals surface area (Å²) in [6, 6.07) is 15.6. The van der Waals surface area contributed by atoms with Gasteiger partial charge in [-0.25, -0.2) is 0 Å². The van der Waals surface area contributed by atoms with Crippen molar-refractivity contribution in [3.05, 3.63) is 65.7 Å². The van der Waals surface area contributed by atoms with Crippen molar-refractivity contribution in [3.63, 3.8) is 0 Å². The van der Waals surface area contributed by atoms with Crippen molar-refractivity contribution < 1.29 is 32.5 Å². The number of rotatable bonds is 8. The molecule has 9 heteroatoms. The average Bonchev–Trinajstić information content (AvgIpc) is 3.27. The van der Waals surface area contributed by atoms with Crippen LogP contribution in [0.3, 0.4) is 0 Å². The van der Waals surface area contributed by atoms with Crippen LogP contribution in [0.1, 0.15) is 49.1 Å². The van der Waals surface area contributed by atoms with Gasteiger partial charge in [0, 0.05) is 18.1 Å². The molecule has 0 spiro atoms. The minimum atomic E-state index is -4.78. The lowest BCUT2D eigenvalue weighted by Crippen LogP contribution is -2.18. The van der Waals surface area contributed by atoms with Gasteiger partial charge in [0.15, 0.2) is 0 Å². The van der Waals surface area contributed by atoms with Crippen LogP contribution < -0.4 is 9.47 Å². The van der Waals surface area contributed by atoms with E-state index in [1.165, 1.54) is 23.8 Å². The summed E-state index contributed by atoms with van der Waals surface area (Å²) in [5, 5.41) is 16.0. The SMILES string of the molecule is O=C(O)CC1CCC(c2ccc(-c3cc(OCc4ccccc4OC(F)(F)F)n[nH]3)cc2)CC1. The lowest BCUT2D eigenvalue weighted by atomic mass is 9.77. The molecule has 0 aliphatic heterocycles. The number of hydrogen-bond donors (Lipinski definition) is 2. The van der Waals surface area contributed by atoms with E-state index in [1.54, 1.807) is 12.1 Å². The van der Waals surface area contributed by atoms with E-state index < -0.39 is 12.3 Å². The lowest BCUT2D eigenvalue weighted by Gasteiger charge is -2.28. The molecule has 4 rings (SSSR count). The Bertz CT molecular complexity index is 1100. The summed E-state index contributed by atoms with van der Waals surface area (Å²) in [6.45, 7) is -0.125. The van der Waals surface area contributed by atoms with Gasteiger partial charge in [-0.3, -0.25) is 9.89 Å². The number of H-pyrrole nitrogens is 1. The first kappa shape index (κ1) is 23.7. The molecule has 1 aromatic heterocycles. The zero-order valence-corrected chi connectivity index (χ0v) is 18.3. The van der Waals surface area contributed by atoms with Gasteiger partial charge >= 0.3 is 12.3 Å². The lowest BCUT2D eigenvalue weighted by molar-refractivity contribution is -0.275. The number of hydrogen-bond acceptors (Lipinski definition) is 4. The Morgan fingerprint density at radius 1 is 1.06 bits per heavy atom. The van der Waals surface area contributed by atoms with Gasteiger partial charge in [-0.15, -0.1) is 18.3 Å². The molecular weight excluding hydrogens is 449 g/mol. The summed E-state index contributed by atoms with van der Waals surface area (Å²) < 4.78 is 47.4. The van der Waals surface area contributed by atoms with Crippen molar-refractivity contribution in [1.82, 2.24) is 10.2 Å². The Labute approximate surface area is 194 Å². The molecule has 1 heterocycles. The van der Waals surface area contributed by atoms with Crippen molar-refractivity contribution >= 4 is 5.97 Å². The quantitative estimate of drug-likeness (QED) is 0.400. The van der Waals surface area contributed by atoms with E-state index in [0.29, 0.717) is 5.92 Å². The fourth-order valence-electron chi connectivity index (χ4n) is 4.41. The molecule has 0 amide bonds. The van der Waals surface area contributed by atoms with Crippen LogP contribution >= 0.6 is 0 Å². The highest BCUT2D eigenvalue weighted by molar-refractivity contribution is 5.67. The van der Waals surface area contributed by atoms with E-state index in [-0.39, 0.29) is 36.1 Å². The van der Waals surface area contributed by atoms with Crippen LogP contribution in [0.4, 0.5) is 13.2 Å². The summed E-state index contributed by atoms with van der Waals surface area (Å²) in [5.74, 6) is -0.0762. The second-order valence-corrected chi connectivity index (χ2v) is 8.50. The maximum atomic E-state index is 12.6. The Morgan fingerprint density at radius 2 is 1.76 bits per heavy atom. The number of halogens is 3. The summed E-state index contributed by atoms with van der Waals surface area (Å²) in [4.78, 5) is 10.9. The van der Waals surface area contributed by atoms with Crippen molar-refractivity contribution in [3.8, 4) is 22.9 Å². The normalized spacial score (nSPS) is 18.4. The molecule has 0 bridgehead atoms. The Balaban J connectivity index is 1.35.